The molecule has 2 fully saturated rings. The highest BCUT2D eigenvalue weighted by molar-refractivity contribution is 4.95. The van der Waals surface area contributed by atoms with Crippen molar-refractivity contribution in [3.05, 3.63) is 0 Å². The summed E-state index contributed by atoms with van der Waals surface area (Å²) >= 11 is 0. The molecular weight excluding hydrogens is 160 g/mol. The van der Waals surface area contributed by atoms with Gasteiger partial charge in [0.2, 0.25) is 0 Å². The zero-order valence-electron chi connectivity index (χ0n) is 9.09. The SMILES string of the molecule is CC(C)C1C2CCCCC2NN1C. The summed E-state index contributed by atoms with van der Waals surface area (Å²) in [5.74, 6) is 1.70. The van der Waals surface area contributed by atoms with E-state index in [0.29, 0.717) is 0 Å². The van der Waals surface area contributed by atoms with E-state index in [1.54, 1.807) is 0 Å². The van der Waals surface area contributed by atoms with Crippen LogP contribution in [0, 0.1) is 11.8 Å². The maximum atomic E-state index is 3.62. The third-order valence-corrected chi connectivity index (χ3v) is 3.76. The Morgan fingerprint density at radius 2 is 1.92 bits per heavy atom. The molecule has 2 rings (SSSR count). The summed E-state index contributed by atoms with van der Waals surface area (Å²) in [7, 11) is 2.21. The van der Waals surface area contributed by atoms with Crippen molar-refractivity contribution >= 4 is 0 Å². The highest BCUT2D eigenvalue weighted by Crippen LogP contribution is 2.36. The first-order valence-electron chi connectivity index (χ1n) is 5.69. The topological polar surface area (TPSA) is 15.3 Å². The predicted octanol–water partition coefficient (Wildman–Crippen LogP) is 2.02. The molecule has 2 aliphatic rings. The Bertz CT molecular complexity index is 179. The van der Waals surface area contributed by atoms with Crippen molar-refractivity contribution in [2.45, 2.75) is 51.6 Å². The van der Waals surface area contributed by atoms with Crippen LogP contribution in [-0.4, -0.2) is 24.1 Å². The molecule has 0 spiro atoms. The van der Waals surface area contributed by atoms with Crippen LogP contribution in [0.3, 0.4) is 0 Å². The van der Waals surface area contributed by atoms with Gasteiger partial charge in [0.25, 0.3) is 0 Å². The Kier molecular flexibility index (Phi) is 2.61. The molecular formula is C11H22N2. The van der Waals surface area contributed by atoms with Crippen molar-refractivity contribution in [2.75, 3.05) is 7.05 Å². The molecule has 76 valence electrons. The van der Waals surface area contributed by atoms with Crippen molar-refractivity contribution in [1.82, 2.24) is 10.4 Å². The number of hydrogen-bond acceptors (Lipinski definition) is 2. The lowest BCUT2D eigenvalue weighted by Gasteiger charge is -2.30. The van der Waals surface area contributed by atoms with Gasteiger partial charge in [0, 0.05) is 19.1 Å². The lowest BCUT2D eigenvalue weighted by molar-refractivity contribution is 0.168. The van der Waals surface area contributed by atoms with E-state index in [9.17, 15) is 0 Å². The summed E-state index contributed by atoms with van der Waals surface area (Å²) in [6.07, 6.45) is 5.69. The normalized spacial score (nSPS) is 41.1. The highest BCUT2D eigenvalue weighted by Gasteiger charge is 2.41. The van der Waals surface area contributed by atoms with Crippen LogP contribution in [0.1, 0.15) is 39.5 Å². The Morgan fingerprint density at radius 3 is 2.62 bits per heavy atom. The highest BCUT2D eigenvalue weighted by atomic mass is 15.5. The molecule has 0 bridgehead atoms. The Balaban J connectivity index is 2.09. The molecule has 1 aliphatic carbocycles. The molecule has 1 saturated carbocycles. The van der Waals surface area contributed by atoms with Gasteiger partial charge in [-0.2, -0.15) is 0 Å². The molecule has 0 aromatic carbocycles. The third-order valence-electron chi connectivity index (χ3n) is 3.76. The summed E-state index contributed by atoms with van der Waals surface area (Å²) in [4.78, 5) is 0. The molecule has 0 amide bonds. The quantitative estimate of drug-likeness (QED) is 0.667. The molecule has 0 radical (unpaired) electrons. The molecule has 13 heavy (non-hydrogen) atoms. The minimum absolute atomic E-state index is 0.769. The monoisotopic (exact) mass is 182 g/mol. The van der Waals surface area contributed by atoms with Crippen LogP contribution in [0.15, 0.2) is 0 Å². The van der Waals surface area contributed by atoms with Crippen LogP contribution in [0.5, 0.6) is 0 Å². The number of nitrogens with zero attached hydrogens (tertiary/aromatic N) is 1. The molecule has 1 heterocycles. The molecule has 0 aromatic rings. The Morgan fingerprint density at radius 1 is 1.23 bits per heavy atom. The molecule has 3 unspecified atom stereocenters. The van der Waals surface area contributed by atoms with Crippen molar-refractivity contribution in [1.29, 1.82) is 0 Å². The number of rotatable bonds is 1. The molecule has 1 saturated heterocycles. The third kappa shape index (κ3) is 1.62. The molecule has 1 N–H and O–H groups in total. The van der Waals surface area contributed by atoms with E-state index in [4.69, 9.17) is 0 Å². The van der Waals surface area contributed by atoms with Gasteiger partial charge in [0.05, 0.1) is 0 Å². The summed E-state index contributed by atoms with van der Waals surface area (Å²) in [6, 6.07) is 1.55. The Labute approximate surface area is 81.7 Å². The minimum Gasteiger partial charge on any atom is -0.252 e. The van der Waals surface area contributed by atoms with Crippen molar-refractivity contribution in [2.24, 2.45) is 11.8 Å². The van der Waals surface area contributed by atoms with Crippen molar-refractivity contribution in [3.63, 3.8) is 0 Å². The average Bonchev–Trinajstić information content (AvgIpc) is 2.39. The molecule has 1 aliphatic heterocycles. The van der Waals surface area contributed by atoms with E-state index in [0.717, 1.165) is 23.9 Å². The van der Waals surface area contributed by atoms with Gasteiger partial charge in [0.15, 0.2) is 0 Å². The van der Waals surface area contributed by atoms with Crippen molar-refractivity contribution in [3.8, 4) is 0 Å². The van der Waals surface area contributed by atoms with Gasteiger partial charge in [-0.05, 0) is 24.7 Å². The largest absolute Gasteiger partial charge is 0.252 e. The molecule has 2 nitrogen and oxygen atoms in total. The number of nitrogens with one attached hydrogen (secondary N) is 1. The average molecular weight is 182 g/mol. The van der Waals surface area contributed by atoms with E-state index in [1.807, 2.05) is 0 Å². The molecule has 3 atom stereocenters. The van der Waals surface area contributed by atoms with Gasteiger partial charge >= 0.3 is 0 Å². The zero-order chi connectivity index (χ0) is 9.42. The van der Waals surface area contributed by atoms with Gasteiger partial charge in [-0.25, -0.2) is 5.01 Å². The van der Waals surface area contributed by atoms with Crippen LogP contribution in [0.2, 0.25) is 0 Å². The summed E-state index contributed by atoms with van der Waals surface area (Å²) < 4.78 is 0. The first-order chi connectivity index (χ1) is 6.20. The predicted molar refractivity (Wildman–Crippen MR) is 55.3 cm³/mol. The molecule has 0 aromatic heterocycles. The van der Waals surface area contributed by atoms with E-state index >= 15 is 0 Å². The summed E-state index contributed by atoms with van der Waals surface area (Å²) in [5, 5.41) is 2.37. The fourth-order valence-electron chi connectivity index (χ4n) is 3.31. The zero-order valence-corrected chi connectivity index (χ0v) is 9.09. The number of hydrogen-bond donors (Lipinski definition) is 1. The van der Waals surface area contributed by atoms with Crippen molar-refractivity contribution < 1.29 is 0 Å². The minimum atomic E-state index is 0.769. The smallest absolute Gasteiger partial charge is 0.0307 e. The van der Waals surface area contributed by atoms with Gasteiger partial charge < -0.3 is 0 Å². The van der Waals surface area contributed by atoms with Gasteiger partial charge in [-0.15, -0.1) is 0 Å². The van der Waals surface area contributed by atoms with E-state index in [2.05, 4.69) is 31.3 Å². The van der Waals surface area contributed by atoms with Crippen LogP contribution in [0.25, 0.3) is 0 Å². The first-order valence-corrected chi connectivity index (χ1v) is 5.69. The molecule has 2 heteroatoms. The second-order valence-corrected chi connectivity index (χ2v) is 5.03. The fourth-order valence-corrected chi connectivity index (χ4v) is 3.31. The maximum absolute atomic E-state index is 3.62. The first kappa shape index (κ1) is 9.47. The van der Waals surface area contributed by atoms with Crippen LogP contribution in [0.4, 0.5) is 0 Å². The lowest BCUT2D eigenvalue weighted by atomic mass is 9.78. The van der Waals surface area contributed by atoms with Gasteiger partial charge in [-0.1, -0.05) is 26.7 Å². The summed E-state index contributed by atoms with van der Waals surface area (Å²) in [5.41, 5.74) is 3.62. The summed E-state index contributed by atoms with van der Waals surface area (Å²) in [6.45, 7) is 4.69. The van der Waals surface area contributed by atoms with E-state index in [1.165, 1.54) is 25.7 Å². The van der Waals surface area contributed by atoms with Crippen LogP contribution < -0.4 is 5.43 Å². The van der Waals surface area contributed by atoms with Gasteiger partial charge in [-0.3, -0.25) is 5.43 Å². The second-order valence-electron chi connectivity index (χ2n) is 5.03. The lowest BCUT2D eigenvalue weighted by Crippen LogP contribution is -2.38. The van der Waals surface area contributed by atoms with E-state index in [-0.39, 0.29) is 0 Å². The number of hydrazine groups is 1. The Hall–Kier alpha value is -0.0800. The number of fused-ring (bicyclic) bond motifs is 1. The van der Waals surface area contributed by atoms with E-state index < -0.39 is 0 Å². The van der Waals surface area contributed by atoms with Crippen LogP contribution in [-0.2, 0) is 0 Å². The van der Waals surface area contributed by atoms with Gasteiger partial charge in [0.1, 0.15) is 0 Å². The maximum Gasteiger partial charge on any atom is 0.0307 e. The van der Waals surface area contributed by atoms with Crippen LogP contribution >= 0.6 is 0 Å². The second kappa shape index (κ2) is 3.58. The standard InChI is InChI=1S/C11H22N2/c1-8(2)11-9-6-4-5-7-10(9)12-13(11)3/h8-12H,4-7H2,1-3H3. The fraction of sp³-hybridized carbons (Fsp3) is 1.00.